The van der Waals surface area contributed by atoms with E-state index in [9.17, 15) is 19.7 Å². The molecule has 9 heteroatoms. The Morgan fingerprint density at radius 1 is 1.10 bits per heavy atom. The van der Waals surface area contributed by atoms with Gasteiger partial charge < -0.3 is 14.8 Å². The maximum absolute atomic E-state index is 12.4. The van der Waals surface area contributed by atoms with Gasteiger partial charge in [-0.1, -0.05) is 30.3 Å². The van der Waals surface area contributed by atoms with Crippen molar-refractivity contribution in [2.45, 2.75) is 17.9 Å². The molecule has 8 nitrogen and oxygen atoms in total. The zero-order valence-corrected chi connectivity index (χ0v) is 17.7. The van der Waals surface area contributed by atoms with Crippen molar-refractivity contribution in [1.82, 2.24) is 0 Å². The van der Waals surface area contributed by atoms with Gasteiger partial charge in [0.05, 0.1) is 23.5 Å². The topological polar surface area (TPSA) is 108 Å². The van der Waals surface area contributed by atoms with E-state index in [1.165, 1.54) is 44.0 Å². The molecule has 0 spiro atoms. The first-order valence-electron chi connectivity index (χ1n) is 9.31. The van der Waals surface area contributed by atoms with Crippen LogP contribution in [0.1, 0.15) is 6.92 Å². The lowest BCUT2D eigenvalue weighted by Gasteiger charge is -2.15. The third-order valence-corrected chi connectivity index (χ3v) is 5.37. The highest BCUT2D eigenvalue weighted by Gasteiger charge is 2.21. The summed E-state index contributed by atoms with van der Waals surface area (Å²) in [5, 5.41) is 15.6. The highest BCUT2D eigenvalue weighted by atomic mass is 32.2. The second-order valence-corrected chi connectivity index (χ2v) is 7.61. The third kappa shape index (κ3) is 5.73. The first kappa shape index (κ1) is 22.1. The van der Waals surface area contributed by atoms with E-state index in [2.05, 4.69) is 5.32 Å². The third-order valence-electron chi connectivity index (χ3n) is 4.41. The number of benzene rings is 3. The molecule has 0 saturated heterocycles. The largest absolute Gasteiger partial charge is 0.495 e. The summed E-state index contributed by atoms with van der Waals surface area (Å²) in [6.07, 6.45) is -1.09. The molecule has 0 bridgehead atoms. The van der Waals surface area contributed by atoms with Crippen molar-refractivity contribution in [3.05, 3.63) is 70.8 Å². The van der Waals surface area contributed by atoms with Gasteiger partial charge in [0.2, 0.25) is 0 Å². The Kier molecular flexibility index (Phi) is 7.09. The Morgan fingerprint density at radius 3 is 2.55 bits per heavy atom. The SMILES string of the molecule is COc1ccc([N+](=O)[O-])cc1NC(=O)C(C)OC(=O)CSc1ccc2ccccc2c1. The number of hydrogen-bond acceptors (Lipinski definition) is 7. The van der Waals surface area contributed by atoms with E-state index >= 15 is 0 Å². The average molecular weight is 440 g/mol. The summed E-state index contributed by atoms with van der Waals surface area (Å²) in [5.41, 5.74) is -0.0809. The number of amides is 1. The summed E-state index contributed by atoms with van der Waals surface area (Å²) in [4.78, 5) is 35.9. The van der Waals surface area contributed by atoms with Gasteiger partial charge in [0.15, 0.2) is 6.10 Å². The van der Waals surface area contributed by atoms with Gasteiger partial charge in [-0.2, -0.15) is 0 Å². The van der Waals surface area contributed by atoms with Crippen LogP contribution in [0.4, 0.5) is 11.4 Å². The highest BCUT2D eigenvalue weighted by molar-refractivity contribution is 8.00. The normalized spacial score (nSPS) is 11.5. The molecule has 1 amide bonds. The van der Waals surface area contributed by atoms with Crippen molar-refractivity contribution in [3.63, 3.8) is 0 Å². The maximum Gasteiger partial charge on any atom is 0.317 e. The van der Waals surface area contributed by atoms with E-state index in [1.807, 2.05) is 42.5 Å². The number of nitro groups is 1. The number of non-ortho nitro benzene ring substituents is 1. The van der Waals surface area contributed by atoms with Gasteiger partial charge >= 0.3 is 5.97 Å². The van der Waals surface area contributed by atoms with Crippen molar-refractivity contribution in [1.29, 1.82) is 0 Å². The minimum absolute atomic E-state index is 0.0378. The number of rotatable bonds is 8. The number of nitrogens with zero attached hydrogens (tertiary/aromatic N) is 1. The van der Waals surface area contributed by atoms with Gasteiger partial charge in [0.25, 0.3) is 11.6 Å². The lowest BCUT2D eigenvalue weighted by atomic mass is 10.1. The molecule has 0 radical (unpaired) electrons. The average Bonchev–Trinajstić information content (AvgIpc) is 2.77. The van der Waals surface area contributed by atoms with Gasteiger partial charge in [0.1, 0.15) is 5.75 Å². The number of methoxy groups -OCH3 is 1. The fourth-order valence-corrected chi connectivity index (χ4v) is 3.55. The van der Waals surface area contributed by atoms with E-state index in [0.29, 0.717) is 0 Å². The monoisotopic (exact) mass is 440 g/mol. The molecule has 0 saturated carbocycles. The number of carbonyl (C=O) groups excluding carboxylic acids is 2. The summed E-state index contributed by atoms with van der Waals surface area (Å²) < 4.78 is 10.3. The maximum atomic E-state index is 12.4. The molecule has 0 aliphatic carbocycles. The number of hydrogen-bond donors (Lipinski definition) is 1. The summed E-state index contributed by atoms with van der Waals surface area (Å²) in [6, 6.07) is 17.6. The van der Waals surface area contributed by atoms with Crippen molar-refractivity contribution in [3.8, 4) is 5.75 Å². The fraction of sp³-hybridized carbons (Fsp3) is 0.182. The second-order valence-electron chi connectivity index (χ2n) is 6.56. The molecule has 160 valence electrons. The predicted molar refractivity (Wildman–Crippen MR) is 119 cm³/mol. The minimum atomic E-state index is -1.09. The predicted octanol–water partition coefficient (Wildman–Crippen LogP) is 4.42. The number of nitrogens with one attached hydrogen (secondary N) is 1. The van der Waals surface area contributed by atoms with E-state index in [0.717, 1.165) is 15.7 Å². The minimum Gasteiger partial charge on any atom is -0.495 e. The van der Waals surface area contributed by atoms with Crippen LogP contribution in [0.15, 0.2) is 65.6 Å². The summed E-state index contributed by atoms with van der Waals surface area (Å²) in [6.45, 7) is 1.43. The molecule has 0 aliphatic heterocycles. The van der Waals surface area contributed by atoms with E-state index < -0.39 is 22.9 Å². The number of fused-ring (bicyclic) bond motifs is 1. The van der Waals surface area contributed by atoms with Crippen LogP contribution in [0.3, 0.4) is 0 Å². The molecule has 3 aromatic carbocycles. The fourth-order valence-electron chi connectivity index (χ4n) is 2.83. The Morgan fingerprint density at radius 2 is 1.84 bits per heavy atom. The number of esters is 1. The van der Waals surface area contributed by atoms with Crippen LogP contribution in [0.25, 0.3) is 10.8 Å². The number of ether oxygens (including phenoxy) is 2. The molecule has 0 heterocycles. The van der Waals surface area contributed by atoms with Crippen molar-refractivity contribution in [2.75, 3.05) is 18.2 Å². The van der Waals surface area contributed by atoms with Crippen molar-refractivity contribution in [2.24, 2.45) is 0 Å². The van der Waals surface area contributed by atoms with Gasteiger partial charge in [-0.05, 0) is 35.9 Å². The number of thioether (sulfide) groups is 1. The molecule has 31 heavy (non-hydrogen) atoms. The van der Waals surface area contributed by atoms with Gasteiger partial charge in [0, 0.05) is 17.0 Å². The Labute approximate surface area is 182 Å². The quantitative estimate of drug-likeness (QED) is 0.239. The smallest absolute Gasteiger partial charge is 0.317 e. The highest BCUT2D eigenvalue weighted by Crippen LogP contribution is 2.29. The Bertz CT molecular complexity index is 1130. The van der Waals surface area contributed by atoms with E-state index in [4.69, 9.17) is 9.47 Å². The summed E-state index contributed by atoms with van der Waals surface area (Å²) in [5.74, 6) is -0.880. The lowest BCUT2D eigenvalue weighted by molar-refractivity contribution is -0.384. The number of nitro benzene ring substituents is 1. The van der Waals surface area contributed by atoms with Crippen LogP contribution in [0.2, 0.25) is 0 Å². The van der Waals surface area contributed by atoms with Gasteiger partial charge in [-0.25, -0.2) is 0 Å². The molecule has 3 aromatic rings. The van der Waals surface area contributed by atoms with Crippen LogP contribution in [-0.2, 0) is 14.3 Å². The van der Waals surface area contributed by atoms with Crippen molar-refractivity contribution >= 4 is 45.8 Å². The molecular weight excluding hydrogens is 420 g/mol. The van der Waals surface area contributed by atoms with Crippen LogP contribution in [-0.4, -0.2) is 35.8 Å². The molecule has 1 atom stereocenters. The lowest BCUT2D eigenvalue weighted by Crippen LogP contribution is -2.30. The summed E-state index contributed by atoms with van der Waals surface area (Å²) in [7, 11) is 1.38. The molecule has 0 fully saturated rings. The van der Waals surface area contributed by atoms with Crippen LogP contribution in [0, 0.1) is 10.1 Å². The zero-order valence-electron chi connectivity index (χ0n) is 16.9. The Balaban J connectivity index is 1.57. The molecule has 3 rings (SSSR count). The first-order valence-corrected chi connectivity index (χ1v) is 10.3. The first-order chi connectivity index (χ1) is 14.9. The van der Waals surface area contributed by atoms with Crippen molar-refractivity contribution < 1.29 is 24.0 Å². The van der Waals surface area contributed by atoms with E-state index in [1.54, 1.807) is 0 Å². The molecular formula is C22H20N2O6S. The number of carbonyl (C=O) groups is 2. The molecule has 0 aromatic heterocycles. The summed E-state index contributed by atoms with van der Waals surface area (Å²) >= 11 is 1.31. The molecule has 0 aliphatic rings. The second kappa shape index (κ2) is 9.94. The molecule has 1 unspecified atom stereocenters. The molecule has 1 N–H and O–H groups in total. The standard InChI is InChI=1S/C22H20N2O6S/c1-14(22(26)23-19-12-17(24(27)28)8-10-20(19)29-2)30-21(25)13-31-18-9-7-15-5-3-4-6-16(15)11-18/h3-12,14H,13H2,1-2H3,(H,23,26). The Hall–Kier alpha value is -3.59. The van der Waals surface area contributed by atoms with Gasteiger partial charge in [-0.3, -0.25) is 19.7 Å². The van der Waals surface area contributed by atoms with Crippen LogP contribution >= 0.6 is 11.8 Å². The van der Waals surface area contributed by atoms with Crippen LogP contribution in [0.5, 0.6) is 5.75 Å². The van der Waals surface area contributed by atoms with Gasteiger partial charge in [-0.15, -0.1) is 11.8 Å². The van der Waals surface area contributed by atoms with Crippen LogP contribution < -0.4 is 10.1 Å². The number of anilines is 1. The zero-order chi connectivity index (χ0) is 22.4. The van der Waals surface area contributed by atoms with E-state index in [-0.39, 0.29) is 22.9 Å².